The highest BCUT2D eigenvalue weighted by molar-refractivity contribution is 9.10. The first-order valence-electron chi connectivity index (χ1n) is 6.60. The minimum atomic E-state index is -0.890. The fourth-order valence-electron chi connectivity index (χ4n) is 1.83. The number of benzene rings is 1. The Morgan fingerprint density at radius 3 is 2.57 bits per heavy atom. The average molecular weight is 359 g/mol. The molecular formula is C15H19BrO5. The molecule has 5 nitrogen and oxygen atoms in total. The number of carbonyl (C=O) groups is 2. The predicted octanol–water partition coefficient (Wildman–Crippen LogP) is 3.16. The van der Waals surface area contributed by atoms with Crippen molar-refractivity contribution in [2.24, 2.45) is 5.92 Å². The van der Waals surface area contributed by atoms with Gasteiger partial charge in [-0.1, -0.05) is 6.92 Å². The molecule has 0 spiro atoms. The van der Waals surface area contributed by atoms with E-state index >= 15 is 0 Å². The van der Waals surface area contributed by atoms with Gasteiger partial charge in [-0.15, -0.1) is 0 Å². The summed E-state index contributed by atoms with van der Waals surface area (Å²) >= 11 is 3.36. The molecule has 0 amide bonds. The Morgan fingerprint density at radius 2 is 2.00 bits per heavy atom. The number of hydrogen-bond donors (Lipinski definition) is 1. The van der Waals surface area contributed by atoms with Gasteiger partial charge in [0.1, 0.15) is 12.4 Å². The molecule has 0 aliphatic carbocycles. The van der Waals surface area contributed by atoms with Crippen LogP contribution >= 0.6 is 15.9 Å². The number of carbonyl (C=O) groups excluding carboxylic acids is 1. The molecular weight excluding hydrogens is 340 g/mol. The van der Waals surface area contributed by atoms with Crippen LogP contribution in [0.15, 0.2) is 22.7 Å². The summed E-state index contributed by atoms with van der Waals surface area (Å²) in [6, 6.07) is 5.09. The maximum atomic E-state index is 12.1. The Bertz CT molecular complexity index is 501. The highest BCUT2D eigenvalue weighted by Crippen LogP contribution is 2.27. The van der Waals surface area contributed by atoms with E-state index in [9.17, 15) is 9.59 Å². The minimum absolute atomic E-state index is 0.00881. The topological polar surface area (TPSA) is 72.8 Å². The Kier molecular flexibility index (Phi) is 7.39. The van der Waals surface area contributed by atoms with Crippen molar-refractivity contribution in [3.8, 4) is 5.75 Å². The molecule has 1 aromatic carbocycles. The second-order valence-corrected chi connectivity index (χ2v) is 5.67. The molecule has 0 fully saturated rings. The lowest BCUT2D eigenvalue weighted by molar-refractivity contribution is -0.137. The summed E-state index contributed by atoms with van der Waals surface area (Å²) in [4.78, 5) is 22.7. The van der Waals surface area contributed by atoms with Gasteiger partial charge in [0, 0.05) is 25.5 Å². The molecule has 0 radical (unpaired) electrons. The summed E-state index contributed by atoms with van der Waals surface area (Å²) < 4.78 is 11.1. The van der Waals surface area contributed by atoms with E-state index in [1.54, 1.807) is 32.2 Å². The van der Waals surface area contributed by atoms with Crippen LogP contribution < -0.4 is 4.74 Å². The van der Waals surface area contributed by atoms with E-state index in [2.05, 4.69) is 15.9 Å². The van der Waals surface area contributed by atoms with Crippen molar-refractivity contribution in [2.45, 2.75) is 19.8 Å². The van der Waals surface area contributed by atoms with Crippen molar-refractivity contribution in [1.29, 1.82) is 0 Å². The summed E-state index contributed by atoms with van der Waals surface area (Å²) in [5.41, 5.74) is 0.540. The van der Waals surface area contributed by atoms with Crippen molar-refractivity contribution in [3.05, 3.63) is 28.2 Å². The van der Waals surface area contributed by atoms with Gasteiger partial charge in [-0.05, 0) is 40.0 Å². The number of carboxylic acid groups (broad SMARTS) is 1. The third kappa shape index (κ3) is 6.27. The van der Waals surface area contributed by atoms with Crippen LogP contribution in [-0.2, 0) is 9.53 Å². The number of aliphatic carboxylic acids is 1. The lowest BCUT2D eigenvalue weighted by Crippen LogP contribution is -2.10. The number of carboxylic acids is 1. The maximum absolute atomic E-state index is 12.1. The van der Waals surface area contributed by atoms with Crippen molar-refractivity contribution in [1.82, 2.24) is 0 Å². The minimum Gasteiger partial charge on any atom is -0.490 e. The van der Waals surface area contributed by atoms with Gasteiger partial charge in [-0.3, -0.25) is 9.59 Å². The summed E-state index contributed by atoms with van der Waals surface area (Å²) in [5, 5.41) is 8.71. The average Bonchev–Trinajstić information content (AvgIpc) is 2.39. The third-order valence-corrected chi connectivity index (χ3v) is 3.48. The van der Waals surface area contributed by atoms with Crippen LogP contribution in [0.25, 0.3) is 0 Å². The third-order valence-electron chi connectivity index (χ3n) is 2.86. The molecule has 1 N–H and O–H groups in total. The molecule has 0 aromatic heterocycles. The normalized spacial score (nSPS) is 12.0. The Labute approximate surface area is 132 Å². The van der Waals surface area contributed by atoms with Gasteiger partial charge in [0.25, 0.3) is 0 Å². The number of hydrogen-bond acceptors (Lipinski definition) is 4. The van der Waals surface area contributed by atoms with Gasteiger partial charge in [0.2, 0.25) is 0 Å². The molecule has 1 rings (SSSR count). The van der Waals surface area contributed by atoms with Crippen LogP contribution in [-0.4, -0.2) is 37.2 Å². The molecule has 0 aliphatic heterocycles. The van der Waals surface area contributed by atoms with E-state index in [0.717, 1.165) is 0 Å². The van der Waals surface area contributed by atoms with E-state index in [0.29, 0.717) is 29.0 Å². The molecule has 1 unspecified atom stereocenters. The van der Waals surface area contributed by atoms with Crippen LogP contribution in [0.5, 0.6) is 5.75 Å². The lowest BCUT2D eigenvalue weighted by atomic mass is 9.97. The summed E-state index contributed by atoms with van der Waals surface area (Å²) in [5.74, 6) is -0.514. The van der Waals surface area contributed by atoms with Gasteiger partial charge >= 0.3 is 5.97 Å². The van der Waals surface area contributed by atoms with Crippen molar-refractivity contribution in [2.75, 3.05) is 20.3 Å². The molecule has 21 heavy (non-hydrogen) atoms. The Morgan fingerprint density at radius 1 is 1.29 bits per heavy atom. The second kappa shape index (κ2) is 8.79. The number of Topliss-reactive ketones (excluding diaryl/α,β-unsaturated/α-hetero) is 1. The molecule has 6 heteroatoms. The van der Waals surface area contributed by atoms with E-state index < -0.39 is 5.97 Å². The fourth-order valence-corrected chi connectivity index (χ4v) is 2.32. The van der Waals surface area contributed by atoms with Crippen LogP contribution in [0.1, 0.15) is 30.1 Å². The van der Waals surface area contributed by atoms with Crippen LogP contribution in [0.4, 0.5) is 0 Å². The van der Waals surface area contributed by atoms with Crippen LogP contribution in [0.2, 0.25) is 0 Å². The molecule has 0 saturated heterocycles. The maximum Gasteiger partial charge on any atom is 0.303 e. The monoisotopic (exact) mass is 358 g/mol. The fraction of sp³-hybridized carbons (Fsp3) is 0.467. The van der Waals surface area contributed by atoms with E-state index in [4.69, 9.17) is 14.6 Å². The van der Waals surface area contributed by atoms with Gasteiger partial charge in [0.05, 0.1) is 11.1 Å². The number of ketones is 1. The smallest absolute Gasteiger partial charge is 0.303 e. The highest BCUT2D eigenvalue weighted by atomic mass is 79.9. The predicted molar refractivity (Wildman–Crippen MR) is 81.9 cm³/mol. The van der Waals surface area contributed by atoms with E-state index in [-0.39, 0.29) is 24.5 Å². The number of rotatable bonds is 9. The first kappa shape index (κ1) is 17.7. The second-order valence-electron chi connectivity index (χ2n) is 4.82. The molecule has 1 aromatic rings. The summed E-state index contributed by atoms with van der Waals surface area (Å²) in [7, 11) is 1.60. The largest absolute Gasteiger partial charge is 0.490 e. The molecule has 116 valence electrons. The van der Waals surface area contributed by atoms with Crippen molar-refractivity contribution < 1.29 is 24.2 Å². The zero-order valence-corrected chi connectivity index (χ0v) is 13.7. The quantitative estimate of drug-likeness (QED) is 0.542. The number of ether oxygens (including phenoxy) is 2. The van der Waals surface area contributed by atoms with Gasteiger partial charge in [-0.25, -0.2) is 0 Å². The zero-order chi connectivity index (χ0) is 15.8. The van der Waals surface area contributed by atoms with Crippen molar-refractivity contribution >= 4 is 27.7 Å². The molecule has 1 atom stereocenters. The Hall–Kier alpha value is -1.40. The molecule has 0 saturated carbocycles. The first-order valence-corrected chi connectivity index (χ1v) is 7.39. The zero-order valence-electron chi connectivity index (χ0n) is 12.1. The van der Waals surface area contributed by atoms with Gasteiger partial charge in [-0.2, -0.15) is 0 Å². The molecule has 0 heterocycles. The molecule has 0 bridgehead atoms. The summed E-state index contributed by atoms with van der Waals surface area (Å²) in [6.07, 6.45) is 0.202. The van der Waals surface area contributed by atoms with Gasteiger partial charge < -0.3 is 14.6 Å². The summed E-state index contributed by atoms with van der Waals surface area (Å²) in [6.45, 7) is 2.67. The van der Waals surface area contributed by atoms with Gasteiger partial charge in [0.15, 0.2) is 5.78 Å². The van der Waals surface area contributed by atoms with Crippen molar-refractivity contribution in [3.63, 3.8) is 0 Å². The first-order chi connectivity index (χ1) is 9.93. The highest BCUT2D eigenvalue weighted by Gasteiger charge is 2.15. The lowest BCUT2D eigenvalue weighted by Gasteiger charge is -2.10. The number of halogens is 1. The van der Waals surface area contributed by atoms with E-state index in [1.165, 1.54) is 0 Å². The Balaban J connectivity index is 2.65. The van der Waals surface area contributed by atoms with Crippen LogP contribution in [0.3, 0.4) is 0 Å². The van der Waals surface area contributed by atoms with Crippen LogP contribution in [0, 0.1) is 5.92 Å². The van der Waals surface area contributed by atoms with E-state index in [1.807, 2.05) is 0 Å². The molecule has 0 aliphatic rings. The standard InChI is InChI=1S/C15H19BrO5/c1-10(8-15(18)19)7-13(17)11-3-4-14(12(16)9-11)21-6-5-20-2/h3-4,9-10H,5-8H2,1-2H3,(H,18,19). The number of methoxy groups -OCH3 is 1. The SMILES string of the molecule is COCCOc1ccc(C(=O)CC(C)CC(=O)O)cc1Br.